The molecule has 1 aromatic heterocycles. The van der Waals surface area contributed by atoms with Gasteiger partial charge in [0.25, 0.3) is 0 Å². The lowest BCUT2D eigenvalue weighted by atomic mass is 9.79. The fraction of sp³-hybridized carbons (Fsp3) is 0.625. The first-order chi connectivity index (χ1) is 8.81. The molecule has 3 aliphatic carbocycles. The number of nitrogens with zero attached hydrogens (tertiary/aromatic N) is 2. The molecule has 2 nitrogen and oxygen atoms in total. The third-order valence-electron chi connectivity index (χ3n) is 5.46. The van der Waals surface area contributed by atoms with Crippen LogP contribution in [0.4, 0.5) is 0 Å². The van der Waals surface area contributed by atoms with E-state index in [4.69, 9.17) is 9.97 Å². The minimum absolute atomic E-state index is 0.234. The van der Waals surface area contributed by atoms with Crippen molar-refractivity contribution in [3.8, 4) is 0 Å². The van der Waals surface area contributed by atoms with E-state index in [0.29, 0.717) is 5.41 Å². The van der Waals surface area contributed by atoms with Gasteiger partial charge < -0.3 is 0 Å². The van der Waals surface area contributed by atoms with Crippen LogP contribution < -0.4 is 0 Å². The summed E-state index contributed by atoms with van der Waals surface area (Å²) in [5.74, 6) is 1.54. The molecule has 1 fully saturated rings. The van der Waals surface area contributed by atoms with Crippen LogP contribution in [0, 0.1) is 11.8 Å². The van der Waals surface area contributed by atoms with E-state index in [-0.39, 0.29) is 5.41 Å². The van der Waals surface area contributed by atoms with Gasteiger partial charge in [-0.15, -0.1) is 0 Å². The molecular formula is C16H20N2. The highest BCUT2D eigenvalue weighted by Crippen LogP contribution is 2.79. The minimum atomic E-state index is 0.234. The zero-order valence-corrected chi connectivity index (χ0v) is 11.2. The second kappa shape index (κ2) is 3.23. The van der Waals surface area contributed by atoms with Crippen LogP contribution in [0.3, 0.4) is 0 Å². The van der Waals surface area contributed by atoms with Crippen molar-refractivity contribution in [3.05, 3.63) is 35.9 Å². The molecule has 3 aliphatic rings. The molecule has 0 amide bonds. The van der Waals surface area contributed by atoms with Crippen LogP contribution in [-0.2, 0) is 10.8 Å². The molecule has 4 rings (SSSR count). The first-order valence-corrected chi connectivity index (χ1v) is 7.32. The van der Waals surface area contributed by atoms with E-state index in [1.807, 2.05) is 12.4 Å². The summed E-state index contributed by atoms with van der Waals surface area (Å²) in [4.78, 5) is 9.46. The molecule has 2 heteroatoms. The van der Waals surface area contributed by atoms with Crippen molar-refractivity contribution in [2.24, 2.45) is 11.8 Å². The molecule has 0 N–H and O–H groups in total. The number of hydrogen-bond donors (Lipinski definition) is 0. The van der Waals surface area contributed by atoms with E-state index in [1.165, 1.54) is 37.1 Å². The standard InChI is InChI=1S/C16H20N2/c1-3-6-15-8-5-11-12(15)16(11,7-4-2)14-13(15)17-9-10-18-14/h5,8-12H,3-4,6-7H2,1-2H3. The van der Waals surface area contributed by atoms with Crippen molar-refractivity contribution < 1.29 is 0 Å². The van der Waals surface area contributed by atoms with Crippen molar-refractivity contribution >= 4 is 0 Å². The Balaban J connectivity index is 1.92. The lowest BCUT2D eigenvalue weighted by molar-refractivity contribution is 0.410. The number of allylic oxidation sites excluding steroid dienone is 2. The van der Waals surface area contributed by atoms with E-state index >= 15 is 0 Å². The van der Waals surface area contributed by atoms with Crippen LogP contribution >= 0.6 is 0 Å². The Morgan fingerprint density at radius 2 is 1.78 bits per heavy atom. The van der Waals surface area contributed by atoms with Gasteiger partial charge in [-0.25, -0.2) is 0 Å². The molecule has 4 atom stereocenters. The summed E-state index contributed by atoms with van der Waals surface area (Å²) in [6, 6.07) is 0. The fourth-order valence-corrected chi connectivity index (χ4v) is 5.09. The number of aromatic nitrogens is 2. The Hall–Kier alpha value is -1.18. The number of hydrogen-bond acceptors (Lipinski definition) is 2. The Bertz CT molecular complexity index is 536. The van der Waals surface area contributed by atoms with Gasteiger partial charge >= 0.3 is 0 Å². The third kappa shape index (κ3) is 0.908. The molecule has 0 aromatic carbocycles. The summed E-state index contributed by atoms with van der Waals surface area (Å²) in [5.41, 5.74) is 3.23. The van der Waals surface area contributed by atoms with Gasteiger partial charge in [0.15, 0.2) is 0 Å². The van der Waals surface area contributed by atoms with Crippen LogP contribution in [0.15, 0.2) is 24.5 Å². The van der Waals surface area contributed by atoms with Gasteiger partial charge in [0.1, 0.15) is 0 Å². The summed E-state index contributed by atoms with van der Waals surface area (Å²) in [5, 5.41) is 0. The number of fused-ring (bicyclic) bond motifs is 4. The van der Waals surface area contributed by atoms with Crippen molar-refractivity contribution in [2.75, 3.05) is 0 Å². The number of rotatable bonds is 4. The van der Waals surface area contributed by atoms with Gasteiger partial charge in [0, 0.05) is 23.2 Å². The van der Waals surface area contributed by atoms with E-state index in [9.17, 15) is 0 Å². The van der Waals surface area contributed by atoms with Gasteiger partial charge in [-0.2, -0.15) is 0 Å². The normalized spacial score (nSPS) is 41.9. The molecule has 94 valence electrons. The SMILES string of the molecule is CCCC12C=CC3C1C3(CCC)c1nccnc12. The summed E-state index contributed by atoms with van der Waals surface area (Å²) >= 11 is 0. The van der Waals surface area contributed by atoms with Gasteiger partial charge in [-0.3, -0.25) is 9.97 Å². The predicted molar refractivity (Wildman–Crippen MR) is 71.3 cm³/mol. The second-order valence-electron chi connectivity index (χ2n) is 6.20. The zero-order valence-electron chi connectivity index (χ0n) is 11.2. The lowest BCUT2D eigenvalue weighted by Gasteiger charge is -2.25. The molecule has 1 aromatic rings. The summed E-state index contributed by atoms with van der Waals surface area (Å²) in [6.07, 6.45) is 13.7. The Kier molecular flexibility index (Phi) is 1.92. The molecule has 1 saturated carbocycles. The highest BCUT2D eigenvalue weighted by Gasteiger charge is 2.79. The highest BCUT2D eigenvalue weighted by atomic mass is 15.0. The molecule has 0 saturated heterocycles. The summed E-state index contributed by atoms with van der Waals surface area (Å²) < 4.78 is 0. The smallest absolute Gasteiger partial charge is 0.0727 e. The van der Waals surface area contributed by atoms with Crippen molar-refractivity contribution in [1.29, 1.82) is 0 Å². The second-order valence-corrected chi connectivity index (χ2v) is 6.20. The molecule has 0 aliphatic heterocycles. The maximum absolute atomic E-state index is 4.74. The fourth-order valence-electron chi connectivity index (χ4n) is 5.09. The van der Waals surface area contributed by atoms with E-state index in [2.05, 4.69) is 26.0 Å². The Morgan fingerprint density at radius 3 is 2.50 bits per heavy atom. The van der Waals surface area contributed by atoms with Crippen molar-refractivity contribution in [3.63, 3.8) is 0 Å². The summed E-state index contributed by atoms with van der Waals surface area (Å²) in [6.45, 7) is 4.58. The maximum atomic E-state index is 4.74. The maximum Gasteiger partial charge on any atom is 0.0727 e. The highest BCUT2D eigenvalue weighted by molar-refractivity contribution is 5.58. The molecule has 4 unspecified atom stereocenters. The van der Waals surface area contributed by atoms with Crippen molar-refractivity contribution in [2.45, 2.75) is 50.4 Å². The monoisotopic (exact) mass is 240 g/mol. The van der Waals surface area contributed by atoms with Crippen LogP contribution in [0.5, 0.6) is 0 Å². The summed E-state index contributed by atoms with van der Waals surface area (Å²) in [7, 11) is 0. The van der Waals surface area contributed by atoms with Gasteiger partial charge in [0.2, 0.25) is 0 Å². The zero-order chi connectivity index (χ0) is 12.4. The van der Waals surface area contributed by atoms with Crippen molar-refractivity contribution in [1.82, 2.24) is 9.97 Å². The van der Waals surface area contributed by atoms with Gasteiger partial charge in [-0.05, 0) is 24.7 Å². The Labute approximate surface area is 109 Å². The minimum Gasteiger partial charge on any atom is -0.257 e. The molecule has 18 heavy (non-hydrogen) atoms. The first kappa shape index (κ1) is 10.7. The van der Waals surface area contributed by atoms with Gasteiger partial charge in [-0.1, -0.05) is 38.8 Å². The predicted octanol–water partition coefficient (Wildman–Crippen LogP) is 3.38. The average Bonchev–Trinajstić information content (AvgIpc) is 2.80. The van der Waals surface area contributed by atoms with Crippen LogP contribution in [0.25, 0.3) is 0 Å². The van der Waals surface area contributed by atoms with Gasteiger partial charge in [0.05, 0.1) is 11.4 Å². The van der Waals surface area contributed by atoms with Crippen LogP contribution in [0.1, 0.15) is 50.9 Å². The Morgan fingerprint density at radius 1 is 1.06 bits per heavy atom. The average molecular weight is 240 g/mol. The van der Waals surface area contributed by atoms with Crippen LogP contribution in [-0.4, -0.2) is 9.97 Å². The van der Waals surface area contributed by atoms with E-state index in [0.717, 1.165) is 11.8 Å². The molecular weight excluding hydrogens is 220 g/mol. The quantitative estimate of drug-likeness (QED) is 0.754. The molecule has 0 spiro atoms. The van der Waals surface area contributed by atoms with Crippen LogP contribution in [0.2, 0.25) is 0 Å². The van der Waals surface area contributed by atoms with E-state index < -0.39 is 0 Å². The van der Waals surface area contributed by atoms with E-state index in [1.54, 1.807) is 0 Å². The third-order valence-corrected chi connectivity index (χ3v) is 5.46. The molecule has 1 heterocycles. The first-order valence-electron chi connectivity index (χ1n) is 7.32. The lowest BCUT2D eigenvalue weighted by Crippen LogP contribution is -2.24. The largest absolute Gasteiger partial charge is 0.257 e. The molecule has 0 bridgehead atoms. The molecule has 0 radical (unpaired) electrons. The topological polar surface area (TPSA) is 25.8 Å².